The topological polar surface area (TPSA) is 237 Å². The summed E-state index contributed by atoms with van der Waals surface area (Å²) in [5.41, 5.74) is 0. The molecule has 0 aliphatic rings. The average Bonchev–Trinajstić information content (AvgIpc) is 0.904. The van der Waals surface area contributed by atoms with Crippen molar-refractivity contribution in [1.29, 1.82) is 0 Å². The van der Waals surface area contributed by atoms with Crippen LogP contribution >= 0.6 is 15.6 Å². The first kappa shape index (κ1) is 104. The first-order valence-electron chi connectivity index (χ1n) is 41.3. The zero-order chi connectivity index (χ0) is 80.3. The summed E-state index contributed by atoms with van der Waals surface area (Å²) >= 11 is 0. The number of aliphatic hydroxyl groups is 1. The molecule has 0 heterocycles. The van der Waals surface area contributed by atoms with Crippen LogP contribution in [0.2, 0.25) is 0 Å². The summed E-state index contributed by atoms with van der Waals surface area (Å²) in [5.74, 6) is -2.37. The molecule has 0 saturated carbocycles. The standard InChI is InChI=1S/C91H144O17P2/c1-5-9-13-17-21-25-29-33-37-41-42-46-48-52-56-60-64-68-72-76-89(94)102-82-87(108-91(96)78-74-70-66-62-58-54-50-45-40-36-32-28-24-20-16-12-8-4)84-106-110(99,100)104-80-85(92)79-103-109(97,98)105-83-86(107-90(95)77-73-69-65-61-57-53-49-44-39-35-31-27-23-19-15-11-7-3)81-101-88(93)75-71-67-63-59-55-51-47-43-38-34-30-26-22-18-14-10-6-2/h10-12,14-16,21-28,33-40,42,46-47,49-51,53-54,59,62-63,66,85-87,92H,5-9,13,17-20,29-32,41,43-45,48,52,55-58,60-61,64-65,67-84H2,1-4H3,(H,97,98)(H,99,100)/b14-10-,15-11-,16-12-,25-21-,26-22-,27-23-,28-24-,37-33-,38-34-,39-35-,40-36-,46-42-,51-47-,53-49-,54-50-,63-59-,66-62-. The van der Waals surface area contributed by atoms with Crippen molar-refractivity contribution in [2.75, 3.05) is 39.6 Å². The minimum Gasteiger partial charge on any atom is -0.462 e. The van der Waals surface area contributed by atoms with Crippen LogP contribution in [0.4, 0.5) is 0 Å². The highest BCUT2D eigenvalue weighted by Gasteiger charge is 2.30. The molecule has 0 aliphatic heterocycles. The molecule has 0 fully saturated rings. The van der Waals surface area contributed by atoms with E-state index in [9.17, 15) is 43.2 Å². The second kappa shape index (κ2) is 80.7. The molecule has 5 atom stereocenters. The lowest BCUT2D eigenvalue weighted by molar-refractivity contribution is -0.161. The maximum atomic E-state index is 13.1. The van der Waals surface area contributed by atoms with Crippen molar-refractivity contribution in [3.63, 3.8) is 0 Å². The Kier molecular flexibility index (Phi) is 76.0. The normalized spacial score (nSPS) is 14.9. The van der Waals surface area contributed by atoms with Gasteiger partial charge in [-0.25, -0.2) is 9.13 Å². The summed E-state index contributed by atoms with van der Waals surface area (Å²) in [6.07, 6.45) is 101. The van der Waals surface area contributed by atoms with Crippen molar-refractivity contribution in [1.82, 2.24) is 0 Å². The number of allylic oxidation sites excluding steroid dienone is 34. The maximum absolute atomic E-state index is 13.1. The fraction of sp³-hybridized carbons (Fsp3) is 0.582. The molecule has 0 radical (unpaired) electrons. The number of rotatable bonds is 75. The molecule has 0 aromatic heterocycles. The van der Waals surface area contributed by atoms with E-state index in [1.807, 2.05) is 24.3 Å². The molecule has 620 valence electrons. The van der Waals surface area contributed by atoms with Gasteiger partial charge < -0.3 is 33.8 Å². The van der Waals surface area contributed by atoms with Crippen molar-refractivity contribution in [3.05, 3.63) is 207 Å². The average molecular weight is 1570 g/mol. The van der Waals surface area contributed by atoms with Gasteiger partial charge in [-0.1, -0.05) is 286 Å². The van der Waals surface area contributed by atoms with Gasteiger partial charge in [-0.05, 0) is 180 Å². The molecular weight excluding hydrogens is 1430 g/mol. The molecule has 0 amide bonds. The highest BCUT2D eigenvalue weighted by molar-refractivity contribution is 7.47. The van der Waals surface area contributed by atoms with Gasteiger partial charge in [0.05, 0.1) is 26.4 Å². The largest absolute Gasteiger partial charge is 0.472 e. The Morgan fingerprint density at radius 2 is 0.482 bits per heavy atom. The van der Waals surface area contributed by atoms with Crippen LogP contribution < -0.4 is 0 Å². The molecule has 0 aromatic rings. The van der Waals surface area contributed by atoms with E-state index < -0.39 is 97.5 Å². The number of esters is 4. The van der Waals surface area contributed by atoms with E-state index in [1.165, 1.54) is 19.3 Å². The first-order valence-corrected chi connectivity index (χ1v) is 44.3. The minimum absolute atomic E-state index is 0.00333. The van der Waals surface area contributed by atoms with E-state index in [-0.39, 0.29) is 25.7 Å². The predicted molar refractivity (Wildman–Crippen MR) is 454 cm³/mol. The number of phosphoric acid groups is 2. The van der Waals surface area contributed by atoms with Gasteiger partial charge in [0.1, 0.15) is 19.3 Å². The molecule has 0 bridgehead atoms. The SMILES string of the molecule is CC/C=C\C/C=C\C/C=C\C/C=C\C/C=C\CCCC(=O)OCC(COP(=O)(O)OCC(O)COP(=O)(O)OCC(COC(=O)CCCCCCCC/C=C\C/C=C\C/C=C\CCCCC)OC(=O)CCC/C=C\C/C=C\C/C=C\C/C=C\C/C=C\CC)OC(=O)CCCCCC/C=C\C/C=C\C/C=C\C/C=C\CC. The molecule has 5 unspecified atom stereocenters. The number of phosphoric ester groups is 2. The van der Waals surface area contributed by atoms with Gasteiger partial charge in [0.25, 0.3) is 0 Å². The third-order valence-corrected chi connectivity index (χ3v) is 18.1. The van der Waals surface area contributed by atoms with Crippen LogP contribution in [0.5, 0.6) is 0 Å². The zero-order valence-electron chi connectivity index (χ0n) is 67.8. The van der Waals surface area contributed by atoms with Crippen LogP contribution in [-0.4, -0.2) is 96.7 Å². The Morgan fingerprint density at radius 3 is 0.773 bits per heavy atom. The molecule has 19 heteroatoms. The summed E-state index contributed by atoms with van der Waals surface area (Å²) in [7, 11) is -10.0. The third-order valence-electron chi connectivity index (χ3n) is 16.2. The quantitative estimate of drug-likeness (QED) is 0.0169. The number of carbonyl (C=O) groups is 4. The van der Waals surface area contributed by atoms with E-state index in [0.29, 0.717) is 38.5 Å². The fourth-order valence-electron chi connectivity index (χ4n) is 10.1. The van der Waals surface area contributed by atoms with Gasteiger partial charge in [-0.3, -0.25) is 37.3 Å². The molecule has 3 N–H and O–H groups in total. The summed E-state index contributed by atoms with van der Waals surface area (Å²) in [6, 6.07) is 0. The van der Waals surface area contributed by atoms with Crippen molar-refractivity contribution < 1.29 is 80.2 Å². The predicted octanol–water partition coefficient (Wildman–Crippen LogP) is 24.7. The minimum atomic E-state index is -5.02. The Hall–Kier alpha value is -6.36. The van der Waals surface area contributed by atoms with Crippen molar-refractivity contribution >= 4 is 39.5 Å². The molecule has 0 aromatic carbocycles. The van der Waals surface area contributed by atoms with Crippen LogP contribution in [0.1, 0.15) is 285 Å². The van der Waals surface area contributed by atoms with E-state index >= 15 is 0 Å². The number of ether oxygens (including phenoxy) is 4. The van der Waals surface area contributed by atoms with Gasteiger partial charge in [-0.2, -0.15) is 0 Å². The van der Waals surface area contributed by atoms with Gasteiger partial charge in [0, 0.05) is 25.7 Å². The van der Waals surface area contributed by atoms with Gasteiger partial charge in [-0.15, -0.1) is 0 Å². The van der Waals surface area contributed by atoms with Crippen molar-refractivity contribution in [2.24, 2.45) is 0 Å². The molecular formula is C91H144O17P2. The molecule has 110 heavy (non-hydrogen) atoms. The second-order valence-corrected chi connectivity index (χ2v) is 29.5. The Balaban J connectivity index is 5.54. The number of aliphatic hydroxyl groups excluding tert-OH is 1. The van der Waals surface area contributed by atoms with E-state index in [1.54, 1.807) is 0 Å². The second-order valence-electron chi connectivity index (χ2n) is 26.6. The number of hydrogen-bond acceptors (Lipinski definition) is 15. The van der Waals surface area contributed by atoms with E-state index in [0.717, 1.165) is 173 Å². The molecule has 0 rings (SSSR count). The molecule has 17 nitrogen and oxygen atoms in total. The van der Waals surface area contributed by atoms with Gasteiger partial charge >= 0.3 is 39.5 Å². The third kappa shape index (κ3) is 79.7. The summed E-state index contributed by atoms with van der Waals surface area (Å²) < 4.78 is 68.6. The Morgan fingerprint density at radius 1 is 0.264 bits per heavy atom. The number of hydrogen-bond donors (Lipinski definition) is 3. The zero-order valence-corrected chi connectivity index (χ0v) is 69.6. The van der Waals surface area contributed by atoms with Crippen LogP contribution in [0.25, 0.3) is 0 Å². The molecule has 0 aliphatic carbocycles. The molecule has 0 spiro atoms. The van der Waals surface area contributed by atoms with Crippen LogP contribution in [0.3, 0.4) is 0 Å². The summed E-state index contributed by atoms with van der Waals surface area (Å²) in [5, 5.41) is 10.7. The van der Waals surface area contributed by atoms with Crippen molar-refractivity contribution in [2.45, 2.75) is 303 Å². The van der Waals surface area contributed by atoms with Crippen LogP contribution in [0, 0.1) is 0 Å². The van der Waals surface area contributed by atoms with Gasteiger partial charge in [0.15, 0.2) is 12.2 Å². The van der Waals surface area contributed by atoms with E-state index in [4.69, 9.17) is 37.0 Å². The lowest BCUT2D eigenvalue weighted by Gasteiger charge is -2.21. The van der Waals surface area contributed by atoms with E-state index in [2.05, 4.69) is 210 Å². The first-order chi connectivity index (χ1) is 53.7. The monoisotopic (exact) mass is 1570 g/mol. The van der Waals surface area contributed by atoms with Crippen molar-refractivity contribution in [3.8, 4) is 0 Å². The Labute approximate surface area is 665 Å². The molecule has 0 saturated heterocycles. The highest BCUT2D eigenvalue weighted by Crippen LogP contribution is 2.45. The number of carbonyl (C=O) groups excluding carboxylic acids is 4. The van der Waals surface area contributed by atoms with Crippen LogP contribution in [-0.2, 0) is 65.4 Å². The number of unbranched alkanes of at least 4 members (excludes halogenated alkanes) is 15. The van der Waals surface area contributed by atoms with Gasteiger partial charge in [0.2, 0.25) is 0 Å². The Bertz CT molecular complexity index is 2900. The fourth-order valence-corrected chi connectivity index (χ4v) is 11.6. The highest BCUT2D eigenvalue weighted by atomic mass is 31.2. The van der Waals surface area contributed by atoms with Crippen LogP contribution in [0.15, 0.2) is 207 Å². The smallest absolute Gasteiger partial charge is 0.462 e. The summed E-state index contributed by atoms with van der Waals surface area (Å²) in [6.45, 7) is 4.31. The maximum Gasteiger partial charge on any atom is 0.472 e. The lowest BCUT2D eigenvalue weighted by atomic mass is 10.1. The lowest BCUT2D eigenvalue weighted by Crippen LogP contribution is -2.30. The summed E-state index contributed by atoms with van der Waals surface area (Å²) in [4.78, 5) is 73.2.